The van der Waals surface area contributed by atoms with Gasteiger partial charge >= 0.3 is 0 Å². The van der Waals surface area contributed by atoms with E-state index in [0.29, 0.717) is 12.1 Å². The third-order valence-electron chi connectivity index (χ3n) is 16.5. The van der Waals surface area contributed by atoms with Crippen molar-refractivity contribution in [2.45, 2.75) is 164 Å². The Morgan fingerprint density at radius 3 is 1.40 bits per heavy atom. The summed E-state index contributed by atoms with van der Waals surface area (Å²) in [7, 11) is 0.499. The second kappa shape index (κ2) is 15.6. The average molecular weight is 829 g/mol. The number of hydrogen-bond donors (Lipinski definition) is 2. The molecule has 0 amide bonds. The fourth-order valence-corrected chi connectivity index (χ4v) is 26.6. The molecule has 2 N–H and O–H groups in total. The van der Waals surface area contributed by atoms with Gasteiger partial charge in [0.15, 0.2) is 0 Å². The van der Waals surface area contributed by atoms with Crippen LogP contribution in [0, 0.1) is 47.3 Å². The molecule has 0 spiro atoms. The van der Waals surface area contributed by atoms with E-state index in [4.69, 9.17) is 0 Å². The standard InChI is InChI=1S/C41H69N2P2Si2.C5H5.Fe/c1-46(2,3)35-23-34(41(44,36-9-7-11-42-36)37-10-8-12-43-37)33(40(35)47(4,5)6)24-45(38-29-15-25-13-26(17-29)18-30(38)16-25)39-31-19-27-14-28(21-31)22-32(39)20-27;1-2-4-5-3-1;/h23,25-32,36-39,42-43H,7-22,24,44H2,1-6H3;1-5H;/q-1;-5;. The number of hydrogen-bond acceptors (Lipinski definition) is 2. The van der Waals surface area contributed by atoms with E-state index in [9.17, 15) is 0 Å². The largest absolute Gasteiger partial charge is 0.748 e. The minimum atomic E-state index is -1.60. The van der Waals surface area contributed by atoms with Crippen molar-refractivity contribution in [2.24, 2.45) is 47.3 Å². The summed E-state index contributed by atoms with van der Waals surface area (Å²) in [4.78, 5) is 0. The maximum absolute atomic E-state index is 4.14. The van der Waals surface area contributed by atoms with E-state index in [1.807, 2.05) is 51.8 Å². The van der Waals surface area contributed by atoms with Crippen LogP contribution >= 0.6 is 17.2 Å². The Kier molecular flexibility index (Phi) is 11.8. The summed E-state index contributed by atoms with van der Waals surface area (Å²) in [6, 6.07) is 14.1. The topological polar surface area (TPSA) is 24.1 Å². The van der Waals surface area contributed by atoms with Gasteiger partial charge in [0.25, 0.3) is 0 Å². The second-order valence-corrected chi connectivity index (χ2v) is 35.6. The van der Waals surface area contributed by atoms with E-state index in [-0.39, 0.29) is 30.1 Å². The van der Waals surface area contributed by atoms with Crippen molar-refractivity contribution >= 4 is 43.7 Å². The molecule has 3 unspecified atom stereocenters. The summed E-state index contributed by atoms with van der Waals surface area (Å²) in [5.41, 5.74) is 5.99. The minimum Gasteiger partial charge on any atom is -0.748 e. The Labute approximate surface area is 341 Å². The molecule has 7 heteroatoms. The molecule has 0 radical (unpaired) electrons. The van der Waals surface area contributed by atoms with Gasteiger partial charge in [-0.1, -0.05) is 45.4 Å². The minimum absolute atomic E-state index is 0. The first kappa shape index (κ1) is 40.2. The van der Waals surface area contributed by atoms with E-state index in [1.165, 1.54) is 44.9 Å². The summed E-state index contributed by atoms with van der Waals surface area (Å²) in [5, 5.41) is 12.3. The van der Waals surface area contributed by atoms with Gasteiger partial charge in [-0.15, -0.1) is 17.2 Å². The summed E-state index contributed by atoms with van der Waals surface area (Å²) >= 11 is 0. The van der Waals surface area contributed by atoms with Crippen LogP contribution in [0.3, 0.4) is 0 Å². The van der Waals surface area contributed by atoms with Crippen LogP contribution in [-0.4, -0.2) is 52.6 Å². The van der Waals surface area contributed by atoms with E-state index >= 15 is 0 Å². The number of nitrogens with one attached hydrogen (secondary N) is 2. The molecule has 3 atom stereocenters. The van der Waals surface area contributed by atoms with Gasteiger partial charge in [0.2, 0.25) is 0 Å². The summed E-state index contributed by atoms with van der Waals surface area (Å²) in [6.45, 7) is 18.7. The predicted molar refractivity (Wildman–Crippen MR) is 236 cm³/mol. The van der Waals surface area contributed by atoms with Gasteiger partial charge in [-0.2, -0.15) is 27.6 Å². The van der Waals surface area contributed by atoms with Crippen molar-refractivity contribution in [3.63, 3.8) is 0 Å². The van der Waals surface area contributed by atoms with Crippen LogP contribution in [-0.2, 0) is 28.4 Å². The Morgan fingerprint density at radius 1 is 0.679 bits per heavy atom. The maximum Gasteiger partial charge on any atom is 0.0508 e. The average Bonchev–Trinajstić information content (AvgIpc) is 3.91. The van der Waals surface area contributed by atoms with E-state index < -0.39 is 16.1 Å². The fraction of sp³-hybridized carbons (Fsp3) is 0.783. The van der Waals surface area contributed by atoms with Crippen molar-refractivity contribution in [1.29, 1.82) is 0 Å². The van der Waals surface area contributed by atoms with Crippen LogP contribution in [0.15, 0.2) is 36.4 Å². The number of rotatable bonds is 9. The van der Waals surface area contributed by atoms with Crippen LogP contribution in [0.2, 0.25) is 39.3 Å². The first-order chi connectivity index (χ1) is 24.9. The maximum atomic E-state index is 4.14. The quantitative estimate of drug-likeness (QED) is 0.150. The van der Waals surface area contributed by atoms with Crippen LogP contribution in [0.1, 0.15) is 101 Å². The fourth-order valence-electron chi connectivity index (χ4n) is 15.2. The van der Waals surface area contributed by atoms with E-state index in [2.05, 4.69) is 65.2 Å². The van der Waals surface area contributed by atoms with Crippen molar-refractivity contribution in [3.8, 4) is 0 Å². The smallest absolute Gasteiger partial charge is 0.0508 e. The normalized spacial score (nSPS) is 40.1. The third-order valence-corrected chi connectivity index (χ3v) is 25.8. The molecule has 2 aromatic rings. The van der Waals surface area contributed by atoms with Crippen molar-refractivity contribution in [2.75, 3.05) is 13.1 Å². The monoisotopic (exact) mass is 828 g/mol. The Morgan fingerprint density at radius 2 is 1.08 bits per heavy atom. The summed E-state index contributed by atoms with van der Waals surface area (Å²) in [6.07, 6.45) is 23.0. The van der Waals surface area contributed by atoms with Gasteiger partial charge < -0.3 is 41.0 Å². The SMILES string of the molecule is C[Si](C)(C)c1c(CP(C2C3CC4CC(C3)CC2C4)C2C3CC4CC(C3)CC2C4)c(C(P)(C2CCCN2)C2CCCN2)c[c-]1[Si](C)(C)C.[Fe].[cH-]1[cH-][cH-][cH-][cH-]1. The van der Waals surface area contributed by atoms with Crippen LogP contribution in [0.4, 0.5) is 0 Å². The molecule has 8 saturated carbocycles. The Bertz CT molecular complexity index is 1400. The molecule has 2 heterocycles. The molecule has 12 rings (SSSR count). The first-order valence-electron chi connectivity index (χ1n) is 22.4. The Balaban J connectivity index is 0.000000618. The zero-order chi connectivity index (χ0) is 36.0. The van der Waals surface area contributed by atoms with Crippen LogP contribution in [0.5, 0.6) is 0 Å². The summed E-state index contributed by atoms with van der Waals surface area (Å²) < 4.78 is 0. The molecular formula is C46H74FeN2P2Si2-6. The summed E-state index contributed by atoms with van der Waals surface area (Å²) in [5.74, 6) is 8.68. The molecule has 10 fully saturated rings. The molecule has 2 aromatic carbocycles. The molecule has 8 aliphatic carbocycles. The molecule has 53 heavy (non-hydrogen) atoms. The molecule has 8 bridgehead atoms. The molecule has 2 saturated heterocycles. The van der Waals surface area contributed by atoms with E-state index in [1.54, 1.807) is 64.2 Å². The zero-order valence-electron chi connectivity index (χ0n) is 34.3. The molecule has 2 aliphatic heterocycles. The molecule has 10 aliphatic rings. The predicted octanol–water partition coefficient (Wildman–Crippen LogP) is 10.1. The van der Waals surface area contributed by atoms with Gasteiger partial charge in [0.05, 0.1) is 8.07 Å². The molecular weight excluding hydrogens is 754 g/mol. The van der Waals surface area contributed by atoms with E-state index in [0.717, 1.165) is 58.7 Å². The zero-order valence-corrected chi connectivity index (χ0v) is 39.4. The van der Waals surface area contributed by atoms with Crippen LogP contribution < -0.4 is 21.0 Å². The van der Waals surface area contributed by atoms with Crippen molar-refractivity contribution in [3.05, 3.63) is 47.5 Å². The van der Waals surface area contributed by atoms with Crippen LogP contribution in [0.25, 0.3) is 0 Å². The molecule has 0 aromatic heterocycles. The second-order valence-electron chi connectivity index (χ2n) is 22.0. The van der Waals surface area contributed by atoms with Gasteiger partial charge in [0, 0.05) is 37.2 Å². The van der Waals surface area contributed by atoms with Gasteiger partial charge in [-0.3, -0.25) is 0 Å². The third kappa shape index (κ3) is 7.49. The van der Waals surface area contributed by atoms with Gasteiger partial charge in [-0.25, -0.2) is 0 Å². The van der Waals surface area contributed by atoms with Gasteiger partial charge in [-0.05, 0) is 167 Å². The van der Waals surface area contributed by atoms with Crippen molar-refractivity contribution in [1.82, 2.24) is 10.6 Å². The van der Waals surface area contributed by atoms with Gasteiger partial charge in [0.1, 0.15) is 0 Å². The molecule has 2 nitrogen and oxygen atoms in total. The first-order valence-corrected chi connectivity index (χ1v) is 31.6. The Hall–Kier alpha value is 0.433. The van der Waals surface area contributed by atoms with Crippen molar-refractivity contribution < 1.29 is 17.1 Å². The molecule has 300 valence electrons.